The van der Waals surface area contributed by atoms with Crippen LogP contribution in [0.4, 0.5) is 4.79 Å². The van der Waals surface area contributed by atoms with Crippen molar-refractivity contribution in [3.8, 4) is 11.1 Å². The molecule has 178 valence electrons. The monoisotopic (exact) mass is 462 g/mol. The minimum Gasteiger partial charge on any atom is -0.481 e. The predicted molar refractivity (Wildman–Crippen MR) is 128 cm³/mol. The lowest BCUT2D eigenvalue weighted by Crippen LogP contribution is -2.48. The number of rotatable bonds is 7. The normalized spacial score (nSPS) is 19.1. The first-order valence-corrected chi connectivity index (χ1v) is 11.6. The maximum absolute atomic E-state index is 12.6. The van der Waals surface area contributed by atoms with Crippen LogP contribution in [0.3, 0.4) is 0 Å². The molecule has 2 atom stereocenters. The zero-order chi connectivity index (χ0) is 24.3. The fourth-order valence-electron chi connectivity index (χ4n) is 4.81. The summed E-state index contributed by atoms with van der Waals surface area (Å²) in [4.78, 5) is 36.4. The van der Waals surface area contributed by atoms with Gasteiger partial charge in [0.05, 0.1) is 5.92 Å². The number of carboxylic acids is 1. The second-order valence-electron chi connectivity index (χ2n) is 9.62. The summed E-state index contributed by atoms with van der Waals surface area (Å²) in [6.45, 7) is 3.71. The van der Waals surface area contributed by atoms with Crippen molar-refractivity contribution in [3.05, 3.63) is 71.8 Å². The Bertz CT molecular complexity index is 1080. The van der Waals surface area contributed by atoms with Gasteiger partial charge in [0.25, 0.3) is 0 Å². The van der Waals surface area contributed by atoms with E-state index in [0.717, 1.165) is 22.3 Å². The molecule has 3 N–H and O–H groups in total. The predicted octanol–water partition coefficient (Wildman–Crippen LogP) is 4.23. The second-order valence-corrected chi connectivity index (χ2v) is 9.62. The van der Waals surface area contributed by atoms with E-state index in [4.69, 9.17) is 4.74 Å². The summed E-state index contributed by atoms with van der Waals surface area (Å²) >= 11 is 0. The van der Waals surface area contributed by atoms with Crippen LogP contribution in [0.15, 0.2) is 60.7 Å². The molecule has 0 saturated carbocycles. The van der Waals surface area contributed by atoms with Crippen LogP contribution in [0.5, 0.6) is 0 Å². The summed E-state index contributed by atoms with van der Waals surface area (Å²) in [6.07, 6.45) is 3.90. The number of hydrogen-bond donors (Lipinski definition) is 3. The highest BCUT2D eigenvalue weighted by Gasteiger charge is 2.31. The molecule has 2 aliphatic carbocycles. The largest absolute Gasteiger partial charge is 0.481 e. The van der Waals surface area contributed by atoms with Crippen molar-refractivity contribution in [1.29, 1.82) is 0 Å². The number of benzene rings is 2. The van der Waals surface area contributed by atoms with Gasteiger partial charge in [-0.1, -0.05) is 60.7 Å². The standard InChI is InChI=1S/C27H30N2O5/c1-27(2,15-24(30)28-18-9-7-8-17(14-18)25(31)32)29-26(33)34-16-23-21-12-5-3-10-19(21)20-11-4-6-13-22(20)23/h3-7,9-13,17-18,23H,8,14-16H2,1-2H3,(H,28,30)(H,29,33)(H,31,32)/t17-,18-/m1/s1. The average Bonchev–Trinajstić information content (AvgIpc) is 3.11. The minimum atomic E-state index is -0.860. The van der Waals surface area contributed by atoms with E-state index in [1.54, 1.807) is 19.9 Å². The first-order chi connectivity index (χ1) is 16.2. The first kappa shape index (κ1) is 23.5. The molecule has 7 heteroatoms. The molecule has 7 nitrogen and oxygen atoms in total. The molecule has 2 amide bonds. The van der Waals surface area contributed by atoms with Crippen molar-refractivity contribution in [2.24, 2.45) is 5.92 Å². The Morgan fingerprint density at radius 1 is 1.03 bits per heavy atom. The third-order valence-corrected chi connectivity index (χ3v) is 6.41. The summed E-state index contributed by atoms with van der Waals surface area (Å²) in [6, 6.07) is 15.9. The average molecular weight is 463 g/mol. The van der Waals surface area contributed by atoms with Crippen LogP contribution >= 0.6 is 0 Å². The maximum Gasteiger partial charge on any atom is 0.407 e. The van der Waals surface area contributed by atoms with E-state index in [1.165, 1.54) is 0 Å². The highest BCUT2D eigenvalue weighted by Crippen LogP contribution is 2.44. The molecule has 0 heterocycles. The van der Waals surface area contributed by atoms with E-state index in [1.807, 2.05) is 30.3 Å². The molecule has 0 fully saturated rings. The van der Waals surface area contributed by atoms with Gasteiger partial charge in [-0.05, 0) is 48.9 Å². The van der Waals surface area contributed by atoms with Crippen molar-refractivity contribution in [1.82, 2.24) is 10.6 Å². The molecular weight excluding hydrogens is 432 g/mol. The van der Waals surface area contributed by atoms with Gasteiger partial charge in [-0.3, -0.25) is 9.59 Å². The lowest BCUT2D eigenvalue weighted by atomic mass is 9.91. The second kappa shape index (κ2) is 9.71. The van der Waals surface area contributed by atoms with E-state index in [-0.39, 0.29) is 30.9 Å². The summed E-state index contributed by atoms with van der Waals surface area (Å²) in [5.74, 6) is -1.66. The number of amides is 2. The number of aliphatic carboxylic acids is 1. The number of ether oxygens (including phenoxy) is 1. The van der Waals surface area contributed by atoms with Crippen molar-refractivity contribution >= 4 is 18.0 Å². The molecule has 2 aliphatic rings. The Hall–Kier alpha value is -3.61. The van der Waals surface area contributed by atoms with Gasteiger partial charge < -0.3 is 20.5 Å². The summed E-state index contributed by atoms with van der Waals surface area (Å²) in [5.41, 5.74) is 3.75. The molecule has 0 aromatic heterocycles. The third-order valence-electron chi connectivity index (χ3n) is 6.41. The Kier molecular flexibility index (Phi) is 6.72. The summed E-state index contributed by atoms with van der Waals surface area (Å²) in [5, 5.41) is 14.8. The molecule has 0 saturated heterocycles. The van der Waals surface area contributed by atoms with Crippen molar-refractivity contribution in [3.63, 3.8) is 0 Å². The van der Waals surface area contributed by atoms with Crippen molar-refractivity contribution in [2.45, 2.75) is 50.6 Å². The van der Waals surface area contributed by atoms with Gasteiger partial charge in [0.2, 0.25) is 5.91 Å². The number of fused-ring (bicyclic) bond motifs is 3. The smallest absolute Gasteiger partial charge is 0.407 e. The van der Waals surface area contributed by atoms with Crippen LogP contribution in [-0.4, -0.2) is 41.3 Å². The van der Waals surface area contributed by atoms with E-state index < -0.39 is 23.5 Å². The third kappa shape index (κ3) is 5.30. The fourth-order valence-corrected chi connectivity index (χ4v) is 4.81. The number of nitrogens with one attached hydrogen (secondary N) is 2. The first-order valence-electron chi connectivity index (χ1n) is 11.6. The van der Waals surface area contributed by atoms with Gasteiger partial charge in [-0.2, -0.15) is 0 Å². The molecule has 0 spiro atoms. The molecule has 4 rings (SSSR count). The van der Waals surface area contributed by atoms with E-state index in [2.05, 4.69) is 34.9 Å². The Morgan fingerprint density at radius 3 is 2.26 bits per heavy atom. The highest BCUT2D eigenvalue weighted by atomic mass is 16.5. The molecule has 0 aliphatic heterocycles. The Morgan fingerprint density at radius 2 is 1.65 bits per heavy atom. The molecule has 2 aromatic rings. The molecular formula is C27H30N2O5. The summed E-state index contributed by atoms with van der Waals surface area (Å²) in [7, 11) is 0. The Labute approximate surface area is 199 Å². The lowest BCUT2D eigenvalue weighted by Gasteiger charge is -2.28. The van der Waals surface area contributed by atoms with Gasteiger partial charge >= 0.3 is 12.1 Å². The van der Waals surface area contributed by atoms with Gasteiger partial charge in [0, 0.05) is 23.9 Å². The van der Waals surface area contributed by atoms with Crippen LogP contribution in [0.1, 0.15) is 50.2 Å². The van der Waals surface area contributed by atoms with Gasteiger partial charge in [-0.15, -0.1) is 0 Å². The fraction of sp³-hybridized carbons (Fsp3) is 0.370. The van der Waals surface area contributed by atoms with E-state index >= 15 is 0 Å². The number of carbonyl (C=O) groups is 3. The van der Waals surface area contributed by atoms with Crippen LogP contribution < -0.4 is 10.6 Å². The highest BCUT2D eigenvalue weighted by molar-refractivity contribution is 5.80. The zero-order valence-corrected chi connectivity index (χ0v) is 19.4. The van der Waals surface area contributed by atoms with Crippen LogP contribution in [0.2, 0.25) is 0 Å². The van der Waals surface area contributed by atoms with Crippen LogP contribution in [0, 0.1) is 5.92 Å². The quantitative estimate of drug-likeness (QED) is 0.534. The topological polar surface area (TPSA) is 105 Å². The van der Waals surface area contributed by atoms with Crippen molar-refractivity contribution in [2.75, 3.05) is 6.61 Å². The zero-order valence-electron chi connectivity index (χ0n) is 19.4. The van der Waals surface area contributed by atoms with Crippen LogP contribution in [-0.2, 0) is 14.3 Å². The molecule has 0 radical (unpaired) electrons. The number of alkyl carbamates (subject to hydrolysis) is 1. The lowest BCUT2D eigenvalue weighted by molar-refractivity contribution is -0.142. The van der Waals surface area contributed by atoms with Gasteiger partial charge in [0.15, 0.2) is 0 Å². The molecule has 0 bridgehead atoms. The van der Waals surface area contributed by atoms with Gasteiger partial charge in [0.1, 0.15) is 6.61 Å². The molecule has 2 aromatic carbocycles. The van der Waals surface area contributed by atoms with E-state index in [0.29, 0.717) is 12.8 Å². The maximum atomic E-state index is 12.6. The Balaban J connectivity index is 1.31. The number of hydrogen-bond acceptors (Lipinski definition) is 4. The van der Waals surface area contributed by atoms with Crippen LogP contribution in [0.25, 0.3) is 11.1 Å². The number of allylic oxidation sites excluding steroid dienone is 1. The van der Waals surface area contributed by atoms with Crippen molar-refractivity contribution < 1.29 is 24.2 Å². The number of carbonyl (C=O) groups excluding carboxylic acids is 2. The summed E-state index contributed by atoms with van der Waals surface area (Å²) < 4.78 is 5.59. The van der Waals surface area contributed by atoms with E-state index in [9.17, 15) is 19.5 Å². The minimum absolute atomic E-state index is 0.0372. The van der Waals surface area contributed by atoms with Gasteiger partial charge in [-0.25, -0.2) is 4.79 Å². The molecule has 34 heavy (non-hydrogen) atoms. The SMILES string of the molecule is CC(C)(CC(=O)N[C@@H]1C=CC[C@@H](C(=O)O)C1)NC(=O)OCC1c2ccccc2-c2ccccc21. The molecule has 0 unspecified atom stereocenters. The number of carboxylic acid groups (broad SMARTS) is 1.